The maximum absolute atomic E-state index is 8.60. The quantitative estimate of drug-likeness (QED) is 0.780. The van der Waals surface area contributed by atoms with E-state index < -0.39 is 0 Å². The Morgan fingerprint density at radius 2 is 2.29 bits per heavy atom. The number of methoxy groups -OCH3 is 1. The lowest BCUT2D eigenvalue weighted by molar-refractivity contribution is 0.0183. The maximum Gasteiger partial charge on any atom is 0.229 e. The molecule has 0 saturated heterocycles. The second kappa shape index (κ2) is 3.68. The number of nitrogens with zero attached hydrogens (tertiary/aromatic N) is 2. The molecule has 0 amide bonds. The van der Waals surface area contributed by atoms with E-state index in [1.807, 2.05) is 19.9 Å². The summed E-state index contributed by atoms with van der Waals surface area (Å²) in [6.45, 7) is 3.80. The highest BCUT2D eigenvalue weighted by Gasteiger charge is 2.21. The van der Waals surface area contributed by atoms with Crippen LogP contribution in [-0.4, -0.2) is 17.7 Å². The van der Waals surface area contributed by atoms with Crippen molar-refractivity contribution < 1.29 is 9.15 Å². The third-order valence-electron chi connectivity index (χ3n) is 1.93. The number of nitrogen functional groups attached to an aromatic ring is 1. The van der Waals surface area contributed by atoms with Crippen molar-refractivity contribution in [1.29, 1.82) is 5.26 Å². The first-order valence-corrected chi connectivity index (χ1v) is 4.19. The SMILES string of the molecule is COC(C)(C)Cc1nc(C#N)c(N)o1. The van der Waals surface area contributed by atoms with Crippen molar-refractivity contribution in [1.82, 2.24) is 4.98 Å². The number of rotatable bonds is 3. The fourth-order valence-electron chi connectivity index (χ4n) is 0.970. The summed E-state index contributed by atoms with van der Waals surface area (Å²) in [7, 11) is 1.61. The minimum absolute atomic E-state index is 0.0643. The molecule has 0 aliphatic rings. The zero-order chi connectivity index (χ0) is 10.8. The number of nitrogens with two attached hydrogens (primary N) is 1. The standard InChI is InChI=1S/C9H13N3O2/c1-9(2,13-3)4-7-12-6(5-10)8(11)14-7/h4,11H2,1-3H3. The maximum atomic E-state index is 8.60. The second-order valence-corrected chi connectivity index (χ2v) is 3.57. The molecule has 0 aromatic carbocycles. The topological polar surface area (TPSA) is 85.1 Å². The zero-order valence-electron chi connectivity index (χ0n) is 8.50. The van der Waals surface area contributed by atoms with Crippen LogP contribution in [-0.2, 0) is 11.2 Å². The van der Waals surface area contributed by atoms with Crippen molar-refractivity contribution in [2.45, 2.75) is 25.9 Å². The first-order valence-electron chi connectivity index (χ1n) is 4.19. The Morgan fingerprint density at radius 1 is 1.64 bits per heavy atom. The molecule has 5 nitrogen and oxygen atoms in total. The molecule has 2 N–H and O–H groups in total. The summed E-state index contributed by atoms with van der Waals surface area (Å²) in [5, 5.41) is 8.60. The van der Waals surface area contributed by atoms with E-state index in [-0.39, 0.29) is 17.2 Å². The summed E-state index contributed by atoms with van der Waals surface area (Å²) in [5.41, 5.74) is 5.18. The zero-order valence-corrected chi connectivity index (χ0v) is 8.50. The van der Waals surface area contributed by atoms with Gasteiger partial charge >= 0.3 is 0 Å². The van der Waals surface area contributed by atoms with Gasteiger partial charge in [-0.3, -0.25) is 0 Å². The van der Waals surface area contributed by atoms with Crippen molar-refractivity contribution in [3.63, 3.8) is 0 Å². The van der Waals surface area contributed by atoms with Crippen LogP contribution in [0.1, 0.15) is 25.4 Å². The molecule has 0 unspecified atom stereocenters. The van der Waals surface area contributed by atoms with E-state index >= 15 is 0 Å². The van der Waals surface area contributed by atoms with Gasteiger partial charge in [0.05, 0.1) is 12.0 Å². The number of hydrogen-bond acceptors (Lipinski definition) is 5. The molecule has 5 heteroatoms. The van der Waals surface area contributed by atoms with Crippen LogP contribution >= 0.6 is 0 Å². The van der Waals surface area contributed by atoms with Gasteiger partial charge in [-0.05, 0) is 13.8 Å². The minimum atomic E-state index is -0.371. The van der Waals surface area contributed by atoms with Crippen LogP contribution in [0.5, 0.6) is 0 Å². The third-order valence-corrected chi connectivity index (χ3v) is 1.93. The molecule has 0 bridgehead atoms. The molecule has 1 heterocycles. The van der Waals surface area contributed by atoms with Crippen molar-refractivity contribution in [2.75, 3.05) is 12.8 Å². The summed E-state index contributed by atoms with van der Waals surface area (Å²) in [4.78, 5) is 3.93. The van der Waals surface area contributed by atoms with E-state index in [2.05, 4.69) is 4.98 Å². The minimum Gasteiger partial charge on any atom is -0.424 e. The van der Waals surface area contributed by atoms with Crippen LogP contribution < -0.4 is 5.73 Å². The number of hydrogen-bond donors (Lipinski definition) is 1. The lowest BCUT2D eigenvalue weighted by atomic mass is 10.1. The Hall–Kier alpha value is -1.54. The van der Waals surface area contributed by atoms with Gasteiger partial charge in [0.1, 0.15) is 6.07 Å². The van der Waals surface area contributed by atoms with Crippen LogP contribution in [0.25, 0.3) is 0 Å². The molecule has 14 heavy (non-hydrogen) atoms. The Balaban J connectivity index is 2.84. The van der Waals surface area contributed by atoms with Crippen molar-refractivity contribution >= 4 is 5.88 Å². The van der Waals surface area contributed by atoms with E-state index in [4.69, 9.17) is 20.1 Å². The molecule has 0 aliphatic carbocycles. The summed E-state index contributed by atoms with van der Waals surface area (Å²) in [5.74, 6) is 0.486. The number of ether oxygens (including phenoxy) is 1. The molecule has 1 aromatic rings. The van der Waals surface area contributed by atoms with E-state index in [0.717, 1.165) is 0 Å². The normalized spacial score (nSPS) is 11.3. The van der Waals surface area contributed by atoms with Gasteiger partial charge in [0.25, 0.3) is 0 Å². The van der Waals surface area contributed by atoms with Gasteiger partial charge in [0.2, 0.25) is 17.5 Å². The van der Waals surface area contributed by atoms with Gasteiger partial charge in [-0.15, -0.1) is 0 Å². The molecular weight excluding hydrogens is 182 g/mol. The first-order chi connectivity index (χ1) is 6.48. The molecule has 0 fully saturated rings. The molecule has 0 saturated carbocycles. The van der Waals surface area contributed by atoms with Crippen LogP contribution in [0, 0.1) is 11.3 Å². The van der Waals surface area contributed by atoms with Gasteiger partial charge < -0.3 is 14.9 Å². The lowest BCUT2D eigenvalue weighted by Gasteiger charge is -2.20. The first kappa shape index (κ1) is 10.5. The van der Waals surface area contributed by atoms with Crippen molar-refractivity contribution in [3.05, 3.63) is 11.6 Å². The largest absolute Gasteiger partial charge is 0.424 e. The Kier molecular flexibility index (Phi) is 2.77. The van der Waals surface area contributed by atoms with Gasteiger partial charge in [0, 0.05) is 7.11 Å². The van der Waals surface area contributed by atoms with E-state index in [1.54, 1.807) is 7.11 Å². The smallest absolute Gasteiger partial charge is 0.229 e. The predicted octanol–water partition coefficient (Wildman–Crippen LogP) is 1.10. The third kappa shape index (κ3) is 2.24. The number of oxazole rings is 1. The highest BCUT2D eigenvalue weighted by molar-refractivity contribution is 5.40. The average Bonchev–Trinajstić information content (AvgIpc) is 2.45. The van der Waals surface area contributed by atoms with Gasteiger partial charge in [-0.1, -0.05) is 0 Å². The van der Waals surface area contributed by atoms with Crippen LogP contribution in [0.3, 0.4) is 0 Å². The monoisotopic (exact) mass is 195 g/mol. The average molecular weight is 195 g/mol. The highest BCUT2D eigenvalue weighted by atomic mass is 16.5. The molecular formula is C9H13N3O2. The van der Waals surface area contributed by atoms with Crippen LogP contribution in [0.15, 0.2) is 4.42 Å². The molecule has 0 atom stereocenters. The fourth-order valence-corrected chi connectivity index (χ4v) is 0.970. The predicted molar refractivity (Wildman–Crippen MR) is 50.4 cm³/mol. The lowest BCUT2D eigenvalue weighted by Crippen LogP contribution is -2.25. The summed E-state index contributed by atoms with van der Waals surface area (Å²) in [6, 6.07) is 1.85. The summed E-state index contributed by atoms with van der Waals surface area (Å²) >= 11 is 0. The number of anilines is 1. The van der Waals surface area contributed by atoms with Crippen molar-refractivity contribution in [3.8, 4) is 6.07 Å². The van der Waals surface area contributed by atoms with Crippen LogP contribution in [0.4, 0.5) is 5.88 Å². The molecule has 0 spiro atoms. The van der Waals surface area contributed by atoms with Gasteiger partial charge in [-0.25, -0.2) is 4.98 Å². The molecule has 76 valence electrons. The number of nitriles is 1. The second-order valence-electron chi connectivity index (χ2n) is 3.57. The van der Waals surface area contributed by atoms with E-state index in [9.17, 15) is 0 Å². The van der Waals surface area contributed by atoms with Crippen LogP contribution in [0.2, 0.25) is 0 Å². The van der Waals surface area contributed by atoms with E-state index in [1.165, 1.54) is 0 Å². The molecule has 1 aromatic heterocycles. The highest BCUT2D eigenvalue weighted by Crippen LogP contribution is 2.19. The molecule has 1 rings (SSSR count). The van der Waals surface area contributed by atoms with Gasteiger partial charge in [-0.2, -0.15) is 5.26 Å². The Labute approximate surface area is 82.5 Å². The molecule has 0 radical (unpaired) electrons. The summed E-state index contributed by atoms with van der Waals surface area (Å²) in [6.07, 6.45) is 0.482. The Bertz CT molecular complexity index is 363. The summed E-state index contributed by atoms with van der Waals surface area (Å²) < 4.78 is 10.3. The molecule has 0 aliphatic heterocycles. The van der Waals surface area contributed by atoms with E-state index in [0.29, 0.717) is 12.3 Å². The Morgan fingerprint density at radius 3 is 2.71 bits per heavy atom. The van der Waals surface area contributed by atoms with Gasteiger partial charge in [0.15, 0.2) is 0 Å². The number of aromatic nitrogens is 1. The fraction of sp³-hybridized carbons (Fsp3) is 0.556. The van der Waals surface area contributed by atoms with Crippen molar-refractivity contribution in [2.24, 2.45) is 0 Å².